The fourth-order valence-electron chi connectivity index (χ4n) is 1.05. The van der Waals surface area contributed by atoms with Crippen molar-refractivity contribution in [3.8, 4) is 0 Å². The molecule has 15 heavy (non-hydrogen) atoms. The molecule has 0 aromatic carbocycles. The normalized spacial score (nSPS) is 13.8. The minimum absolute atomic E-state index is 0. The molecule has 0 unspecified atom stereocenters. The Morgan fingerprint density at radius 3 is 1.27 bits per heavy atom. The Hall–Kier alpha value is -0.110. The average Bonchev–Trinajstić information content (AvgIpc) is 2.26. The minimum atomic E-state index is -0.464. The van der Waals surface area contributed by atoms with Crippen molar-refractivity contribution >= 4 is 0 Å². The Morgan fingerprint density at radius 1 is 0.867 bits per heavy atom. The highest BCUT2D eigenvalue weighted by Gasteiger charge is 2.09. The van der Waals surface area contributed by atoms with Gasteiger partial charge in [0.15, 0.2) is 0 Å². The van der Waals surface area contributed by atoms with Crippen molar-refractivity contribution in [2.75, 3.05) is 0 Å². The quantitative estimate of drug-likeness (QED) is 0.558. The van der Waals surface area contributed by atoms with Crippen molar-refractivity contribution in [1.29, 1.82) is 0 Å². The molecule has 0 atom stereocenters. The highest BCUT2D eigenvalue weighted by molar-refractivity contribution is 4.62. The van der Waals surface area contributed by atoms with Crippen LogP contribution in [0.3, 0.4) is 0 Å². The molecule has 0 radical (unpaired) electrons. The van der Waals surface area contributed by atoms with Crippen molar-refractivity contribution in [2.45, 2.75) is 86.2 Å². The molecule has 0 aliphatic heterocycles. The Balaban J connectivity index is -0.0000000658. The number of alkyl halides is 1. The summed E-state index contributed by atoms with van der Waals surface area (Å²) in [5.41, 5.74) is 0. The van der Waals surface area contributed by atoms with E-state index < -0.39 is 6.17 Å². The van der Waals surface area contributed by atoms with Crippen LogP contribution in [0.4, 0.5) is 4.39 Å². The van der Waals surface area contributed by atoms with E-state index in [-0.39, 0.29) is 5.48 Å². The molecule has 0 saturated heterocycles. The van der Waals surface area contributed by atoms with Gasteiger partial charge in [0.2, 0.25) is 0 Å². The Labute approximate surface area is 96.8 Å². The number of hydrogen-bond donors (Lipinski definition) is 0. The van der Waals surface area contributed by atoms with Gasteiger partial charge in [-0.25, -0.2) is 4.39 Å². The summed E-state index contributed by atoms with van der Waals surface area (Å²) in [6.45, 7) is 12.2. The Kier molecular flexibility index (Phi) is 47.2. The molecule has 98 valence electrons. The van der Waals surface area contributed by atoms with Crippen LogP contribution in [0.2, 0.25) is 0 Å². The van der Waals surface area contributed by atoms with E-state index in [4.69, 9.17) is 0 Å². The fraction of sp³-hybridized carbons (Fsp3) is 1.00. The average molecular weight is 224 g/mol. The zero-order valence-electron chi connectivity index (χ0n) is 11.7. The zero-order valence-corrected chi connectivity index (χ0v) is 11.7. The molecule has 1 aliphatic carbocycles. The van der Waals surface area contributed by atoms with Gasteiger partial charge in [0, 0.05) is 0 Å². The summed E-state index contributed by atoms with van der Waals surface area (Å²) in [6.07, 6.45) is 5.90. The monoisotopic (exact) mass is 224 g/mol. The summed E-state index contributed by atoms with van der Waals surface area (Å²) in [7, 11) is 0. The van der Waals surface area contributed by atoms with Crippen LogP contribution in [0.1, 0.15) is 80.1 Å². The van der Waals surface area contributed by atoms with E-state index in [1.54, 1.807) is 0 Å². The van der Waals surface area contributed by atoms with E-state index in [2.05, 4.69) is 13.8 Å². The van der Waals surface area contributed by atoms with E-state index >= 15 is 0 Å². The van der Waals surface area contributed by atoms with Gasteiger partial charge >= 0.3 is 0 Å². The molecule has 1 rings (SSSR count). The minimum Gasteiger partial charge on any atom is -0.412 e. The predicted octanol–water partition coefficient (Wildman–Crippen LogP) is 4.93. The van der Waals surface area contributed by atoms with E-state index in [1.807, 2.05) is 27.7 Å². The molecule has 0 spiro atoms. The summed E-state index contributed by atoms with van der Waals surface area (Å²) in [5, 5.41) is 0. The first-order chi connectivity index (χ1) is 6.81. The van der Waals surface area contributed by atoms with Gasteiger partial charge in [0.1, 0.15) is 6.17 Å². The van der Waals surface area contributed by atoms with Crippen LogP contribution in [0.25, 0.3) is 0 Å². The van der Waals surface area contributed by atoms with Crippen LogP contribution in [-0.2, 0) is 0 Å². The highest BCUT2D eigenvalue weighted by atomic mass is 19.1. The van der Waals surface area contributed by atoms with Gasteiger partial charge in [0.05, 0.1) is 0 Å². The predicted molar refractivity (Wildman–Crippen MR) is 70.3 cm³/mol. The molecule has 0 aromatic rings. The highest BCUT2D eigenvalue weighted by Crippen LogP contribution is 2.19. The van der Waals surface area contributed by atoms with Gasteiger partial charge in [-0.15, -0.1) is 0 Å². The summed E-state index contributed by atoms with van der Waals surface area (Å²) in [6, 6.07) is 0. The largest absolute Gasteiger partial charge is 0.412 e. The van der Waals surface area contributed by atoms with E-state index in [1.165, 1.54) is 12.8 Å². The molecule has 2 heteroatoms. The van der Waals surface area contributed by atoms with E-state index in [9.17, 15) is 4.39 Å². The SMILES string of the molecule is CC.CC.CCC.FC1CCCCC1.O. The van der Waals surface area contributed by atoms with Gasteiger partial charge in [-0.1, -0.05) is 67.2 Å². The molecule has 1 aliphatic rings. The Bertz CT molecular complexity index is 61.6. The van der Waals surface area contributed by atoms with Crippen molar-refractivity contribution in [1.82, 2.24) is 0 Å². The van der Waals surface area contributed by atoms with Gasteiger partial charge in [-0.05, 0) is 12.8 Å². The lowest BCUT2D eigenvalue weighted by Gasteiger charge is -2.12. The van der Waals surface area contributed by atoms with Crippen LogP contribution in [-0.4, -0.2) is 11.6 Å². The molecular formula is C13H33FO. The molecule has 1 nitrogen and oxygen atoms in total. The molecule has 0 heterocycles. The summed E-state index contributed by atoms with van der Waals surface area (Å²) < 4.78 is 12.2. The molecule has 1 saturated carbocycles. The molecule has 0 aromatic heterocycles. The number of rotatable bonds is 0. The third kappa shape index (κ3) is 31.5. The maximum atomic E-state index is 12.2. The van der Waals surface area contributed by atoms with Crippen LogP contribution < -0.4 is 0 Å². The van der Waals surface area contributed by atoms with E-state index in [0.29, 0.717) is 0 Å². The summed E-state index contributed by atoms with van der Waals surface area (Å²) in [5.74, 6) is 0. The second-order valence-electron chi connectivity index (χ2n) is 2.94. The third-order valence-electron chi connectivity index (χ3n) is 1.53. The smallest absolute Gasteiger partial charge is 0.100 e. The summed E-state index contributed by atoms with van der Waals surface area (Å²) in [4.78, 5) is 0. The maximum absolute atomic E-state index is 12.2. The van der Waals surface area contributed by atoms with Crippen LogP contribution in [0, 0.1) is 0 Å². The van der Waals surface area contributed by atoms with Crippen molar-refractivity contribution in [2.24, 2.45) is 0 Å². The molecule has 2 N–H and O–H groups in total. The lowest BCUT2D eigenvalue weighted by Crippen LogP contribution is -2.04. The maximum Gasteiger partial charge on any atom is 0.100 e. The lowest BCUT2D eigenvalue weighted by molar-refractivity contribution is 0.251. The second-order valence-corrected chi connectivity index (χ2v) is 2.94. The van der Waals surface area contributed by atoms with Gasteiger partial charge in [-0.3, -0.25) is 0 Å². The fourth-order valence-corrected chi connectivity index (χ4v) is 1.05. The Morgan fingerprint density at radius 2 is 1.13 bits per heavy atom. The summed E-state index contributed by atoms with van der Waals surface area (Å²) >= 11 is 0. The van der Waals surface area contributed by atoms with Gasteiger partial charge in [-0.2, -0.15) is 0 Å². The van der Waals surface area contributed by atoms with E-state index in [0.717, 1.165) is 25.7 Å². The molecular weight excluding hydrogens is 191 g/mol. The van der Waals surface area contributed by atoms with Crippen molar-refractivity contribution in [3.05, 3.63) is 0 Å². The van der Waals surface area contributed by atoms with Crippen LogP contribution in [0.5, 0.6) is 0 Å². The zero-order chi connectivity index (χ0) is 11.8. The molecule has 0 amide bonds. The third-order valence-corrected chi connectivity index (χ3v) is 1.53. The van der Waals surface area contributed by atoms with Crippen LogP contribution in [0.15, 0.2) is 0 Å². The first-order valence-corrected chi connectivity index (χ1v) is 6.45. The van der Waals surface area contributed by atoms with Crippen molar-refractivity contribution < 1.29 is 9.87 Å². The van der Waals surface area contributed by atoms with Crippen molar-refractivity contribution in [3.63, 3.8) is 0 Å². The molecule has 0 bridgehead atoms. The first-order valence-electron chi connectivity index (χ1n) is 6.45. The number of hydrogen-bond acceptors (Lipinski definition) is 0. The first kappa shape index (κ1) is 24.2. The van der Waals surface area contributed by atoms with Gasteiger partial charge < -0.3 is 5.48 Å². The van der Waals surface area contributed by atoms with Gasteiger partial charge in [0.25, 0.3) is 0 Å². The standard InChI is InChI=1S/C6H11F.C3H8.2C2H6.H2O/c7-6-4-2-1-3-5-6;1-3-2;2*1-2;/h6H,1-5H2;3H2,1-2H3;2*1-2H3;1H2. The lowest BCUT2D eigenvalue weighted by atomic mass is 9.99. The number of halogens is 1. The second kappa shape index (κ2) is 29.2. The topological polar surface area (TPSA) is 31.5 Å². The molecule has 1 fully saturated rings. The van der Waals surface area contributed by atoms with Crippen LogP contribution >= 0.6 is 0 Å².